The zero-order chi connectivity index (χ0) is 20.1. The van der Waals surface area contributed by atoms with Gasteiger partial charge in [0.1, 0.15) is 5.75 Å². The van der Waals surface area contributed by atoms with Crippen LogP contribution in [-0.4, -0.2) is 17.1 Å². The highest BCUT2D eigenvalue weighted by Crippen LogP contribution is 2.30. The number of phenolic OH excluding ortho intramolecular Hbond substituents is 1. The Morgan fingerprint density at radius 1 is 0.897 bits per heavy atom. The first kappa shape index (κ1) is 19.2. The number of amides is 1. The predicted octanol–water partition coefficient (Wildman–Crippen LogP) is 5.34. The van der Waals surface area contributed by atoms with Crippen LogP contribution in [0.15, 0.2) is 72.8 Å². The van der Waals surface area contributed by atoms with Crippen LogP contribution in [0, 0.1) is 0 Å². The lowest BCUT2D eigenvalue weighted by Crippen LogP contribution is -2.25. The number of carbonyl (C=O) groups is 1. The summed E-state index contributed by atoms with van der Waals surface area (Å²) in [5.74, 6) is -0.184. The predicted molar refractivity (Wildman–Crippen MR) is 117 cm³/mol. The Balaban J connectivity index is 1.42. The summed E-state index contributed by atoms with van der Waals surface area (Å²) in [6.07, 6.45) is 5.14. The van der Waals surface area contributed by atoms with Crippen molar-refractivity contribution in [3.8, 4) is 16.9 Å². The van der Waals surface area contributed by atoms with Crippen LogP contribution in [0.4, 0.5) is 5.69 Å². The van der Waals surface area contributed by atoms with E-state index in [1.54, 1.807) is 12.1 Å². The standard InChI is InChI=1S/C25H26N2O2/c28-24-15-14-21(19-6-2-1-3-7-19)16-23(24)27-25(29)20-12-10-18(11-13-20)17-26-22-8-4-5-9-22/h1-3,6-7,10-16,22,26,28H,4-5,8-9,17H2,(H,27,29). The number of hydrogen-bond donors (Lipinski definition) is 3. The van der Waals surface area contributed by atoms with Crippen LogP contribution in [0.5, 0.6) is 5.75 Å². The monoisotopic (exact) mass is 386 g/mol. The minimum atomic E-state index is -0.235. The quantitative estimate of drug-likeness (QED) is 0.501. The second kappa shape index (κ2) is 8.93. The van der Waals surface area contributed by atoms with Gasteiger partial charge in [-0.15, -0.1) is 0 Å². The van der Waals surface area contributed by atoms with Crippen molar-refractivity contribution in [3.05, 3.63) is 83.9 Å². The molecule has 0 heterocycles. The Bertz CT molecular complexity index is 962. The second-order valence-corrected chi connectivity index (χ2v) is 7.61. The van der Waals surface area contributed by atoms with Crippen LogP contribution in [0.1, 0.15) is 41.6 Å². The largest absolute Gasteiger partial charge is 0.506 e. The van der Waals surface area contributed by atoms with Gasteiger partial charge < -0.3 is 15.7 Å². The average molecular weight is 386 g/mol. The number of phenols is 1. The molecule has 1 saturated carbocycles. The summed E-state index contributed by atoms with van der Waals surface area (Å²) in [5.41, 5.74) is 4.11. The van der Waals surface area contributed by atoms with Crippen molar-refractivity contribution in [1.82, 2.24) is 5.32 Å². The second-order valence-electron chi connectivity index (χ2n) is 7.61. The molecular formula is C25H26N2O2. The first-order valence-electron chi connectivity index (χ1n) is 10.2. The van der Waals surface area contributed by atoms with E-state index in [9.17, 15) is 9.90 Å². The first-order chi connectivity index (χ1) is 14.2. The molecule has 3 aromatic rings. The van der Waals surface area contributed by atoms with E-state index in [4.69, 9.17) is 0 Å². The highest BCUT2D eigenvalue weighted by molar-refractivity contribution is 6.05. The molecule has 0 aliphatic heterocycles. The third kappa shape index (κ3) is 4.84. The topological polar surface area (TPSA) is 61.4 Å². The summed E-state index contributed by atoms with van der Waals surface area (Å²) in [6.45, 7) is 0.826. The average Bonchev–Trinajstić information content (AvgIpc) is 3.28. The molecule has 4 nitrogen and oxygen atoms in total. The van der Waals surface area contributed by atoms with E-state index < -0.39 is 0 Å². The van der Waals surface area contributed by atoms with E-state index in [2.05, 4.69) is 10.6 Å². The van der Waals surface area contributed by atoms with E-state index >= 15 is 0 Å². The molecule has 0 atom stereocenters. The third-order valence-corrected chi connectivity index (χ3v) is 5.52. The van der Waals surface area contributed by atoms with Crippen molar-refractivity contribution >= 4 is 11.6 Å². The molecule has 4 heteroatoms. The molecule has 0 aromatic heterocycles. The Hall–Kier alpha value is -3.11. The summed E-state index contributed by atoms with van der Waals surface area (Å²) in [5, 5.41) is 16.6. The van der Waals surface area contributed by atoms with Crippen LogP contribution >= 0.6 is 0 Å². The van der Waals surface area contributed by atoms with Gasteiger partial charge in [-0.2, -0.15) is 0 Å². The van der Waals surface area contributed by atoms with Gasteiger partial charge in [-0.25, -0.2) is 0 Å². The van der Waals surface area contributed by atoms with Crippen molar-refractivity contribution in [2.24, 2.45) is 0 Å². The van der Waals surface area contributed by atoms with E-state index in [1.165, 1.54) is 31.2 Å². The van der Waals surface area contributed by atoms with E-state index in [1.807, 2.05) is 60.7 Å². The fourth-order valence-electron chi connectivity index (χ4n) is 3.81. The van der Waals surface area contributed by atoms with Gasteiger partial charge in [0.2, 0.25) is 0 Å². The number of rotatable bonds is 6. The lowest BCUT2D eigenvalue weighted by Gasteiger charge is -2.12. The lowest BCUT2D eigenvalue weighted by atomic mass is 10.0. The molecule has 3 aromatic carbocycles. The van der Waals surface area contributed by atoms with Crippen LogP contribution in [0.3, 0.4) is 0 Å². The van der Waals surface area contributed by atoms with Gasteiger partial charge in [-0.3, -0.25) is 4.79 Å². The smallest absolute Gasteiger partial charge is 0.255 e. The normalized spacial score (nSPS) is 14.1. The molecular weight excluding hydrogens is 360 g/mol. The number of carbonyl (C=O) groups excluding carboxylic acids is 1. The number of anilines is 1. The van der Waals surface area contributed by atoms with Crippen LogP contribution in [0.2, 0.25) is 0 Å². The van der Waals surface area contributed by atoms with Crippen LogP contribution in [-0.2, 0) is 6.54 Å². The molecule has 4 rings (SSSR count). The SMILES string of the molecule is O=C(Nc1cc(-c2ccccc2)ccc1O)c1ccc(CNC2CCCC2)cc1. The molecule has 1 fully saturated rings. The first-order valence-corrected chi connectivity index (χ1v) is 10.2. The lowest BCUT2D eigenvalue weighted by molar-refractivity contribution is 0.102. The van der Waals surface area contributed by atoms with Gasteiger partial charge in [0.05, 0.1) is 5.69 Å². The maximum atomic E-state index is 12.7. The van der Waals surface area contributed by atoms with E-state index in [-0.39, 0.29) is 11.7 Å². The molecule has 0 radical (unpaired) electrons. The van der Waals surface area contributed by atoms with Gasteiger partial charge in [0.25, 0.3) is 5.91 Å². The molecule has 3 N–H and O–H groups in total. The molecule has 1 aliphatic rings. The maximum Gasteiger partial charge on any atom is 0.255 e. The number of benzene rings is 3. The molecule has 0 spiro atoms. The van der Waals surface area contributed by atoms with Gasteiger partial charge in [0.15, 0.2) is 0 Å². The maximum absolute atomic E-state index is 12.7. The Labute approximate surface area is 171 Å². The molecule has 148 valence electrons. The summed E-state index contributed by atoms with van der Waals surface area (Å²) in [4.78, 5) is 12.7. The molecule has 29 heavy (non-hydrogen) atoms. The molecule has 1 aliphatic carbocycles. The van der Waals surface area contributed by atoms with E-state index in [0.717, 1.165) is 17.7 Å². The van der Waals surface area contributed by atoms with Crippen LogP contribution < -0.4 is 10.6 Å². The Kier molecular flexibility index (Phi) is 5.92. The van der Waals surface area contributed by atoms with Crippen LogP contribution in [0.25, 0.3) is 11.1 Å². The zero-order valence-electron chi connectivity index (χ0n) is 16.4. The highest BCUT2D eigenvalue weighted by Gasteiger charge is 2.14. The summed E-state index contributed by atoms with van der Waals surface area (Å²) in [6, 6.07) is 23.4. The van der Waals surface area contributed by atoms with Crippen molar-refractivity contribution in [2.45, 2.75) is 38.3 Å². The molecule has 0 unspecified atom stereocenters. The molecule has 0 bridgehead atoms. The van der Waals surface area contributed by atoms with E-state index in [0.29, 0.717) is 17.3 Å². The minimum absolute atomic E-state index is 0.0513. The number of hydrogen-bond acceptors (Lipinski definition) is 3. The van der Waals surface area contributed by atoms with Crippen molar-refractivity contribution in [3.63, 3.8) is 0 Å². The van der Waals surface area contributed by atoms with Gasteiger partial charge in [0, 0.05) is 18.2 Å². The summed E-state index contributed by atoms with van der Waals surface area (Å²) in [7, 11) is 0. The Morgan fingerprint density at radius 2 is 1.62 bits per heavy atom. The molecule has 1 amide bonds. The fraction of sp³-hybridized carbons (Fsp3) is 0.240. The highest BCUT2D eigenvalue weighted by atomic mass is 16.3. The number of aromatic hydroxyl groups is 1. The zero-order valence-corrected chi connectivity index (χ0v) is 16.4. The van der Waals surface area contributed by atoms with Gasteiger partial charge in [-0.05, 0) is 53.8 Å². The summed E-state index contributed by atoms with van der Waals surface area (Å²) >= 11 is 0. The van der Waals surface area contributed by atoms with Gasteiger partial charge >= 0.3 is 0 Å². The van der Waals surface area contributed by atoms with Crippen molar-refractivity contribution in [1.29, 1.82) is 0 Å². The van der Waals surface area contributed by atoms with Gasteiger partial charge in [-0.1, -0.05) is 61.4 Å². The molecule has 0 saturated heterocycles. The fourth-order valence-corrected chi connectivity index (χ4v) is 3.81. The Morgan fingerprint density at radius 3 is 2.34 bits per heavy atom. The number of nitrogens with one attached hydrogen (secondary N) is 2. The summed E-state index contributed by atoms with van der Waals surface area (Å²) < 4.78 is 0. The third-order valence-electron chi connectivity index (χ3n) is 5.52. The van der Waals surface area contributed by atoms with Crippen molar-refractivity contribution in [2.75, 3.05) is 5.32 Å². The minimum Gasteiger partial charge on any atom is -0.506 e. The van der Waals surface area contributed by atoms with Crippen molar-refractivity contribution < 1.29 is 9.90 Å².